The lowest BCUT2D eigenvalue weighted by Gasteiger charge is -2.14. The number of halogens is 2. The van der Waals surface area contributed by atoms with Gasteiger partial charge in [0.25, 0.3) is 0 Å². The molecule has 0 saturated carbocycles. The fourth-order valence-corrected chi connectivity index (χ4v) is 2.84. The monoisotopic (exact) mass is 315 g/mol. The summed E-state index contributed by atoms with van der Waals surface area (Å²) in [6, 6.07) is 4.70. The van der Waals surface area contributed by atoms with E-state index < -0.39 is 0 Å². The highest BCUT2D eigenvalue weighted by Crippen LogP contribution is 2.27. The molecule has 0 spiro atoms. The molecule has 2 aromatic rings. The average molecular weight is 316 g/mol. The van der Waals surface area contributed by atoms with Gasteiger partial charge in [-0.05, 0) is 31.5 Å². The summed E-state index contributed by atoms with van der Waals surface area (Å²) in [6.07, 6.45) is 0. The minimum Gasteiger partial charge on any atom is -0.354 e. The molecule has 0 saturated heterocycles. The Balaban J connectivity index is 2.17. The molecule has 1 unspecified atom stereocenters. The Morgan fingerprint density at radius 2 is 2.18 bits per heavy atom. The van der Waals surface area contributed by atoms with Gasteiger partial charge in [-0.1, -0.05) is 33.3 Å². The maximum absolute atomic E-state index is 13.0. The van der Waals surface area contributed by atoms with Crippen molar-refractivity contribution in [3.05, 3.63) is 39.1 Å². The number of nitrogens with zero attached hydrogens (tertiary/aromatic N) is 2. The summed E-state index contributed by atoms with van der Waals surface area (Å²) < 4.78 is 13.7. The summed E-state index contributed by atoms with van der Waals surface area (Å²) >= 11 is 4.85. The largest absolute Gasteiger partial charge is 0.354 e. The van der Waals surface area contributed by atoms with Gasteiger partial charge < -0.3 is 5.32 Å². The van der Waals surface area contributed by atoms with Crippen molar-refractivity contribution in [2.75, 3.05) is 5.32 Å². The molecule has 0 fully saturated rings. The van der Waals surface area contributed by atoms with Crippen LogP contribution in [0.4, 0.5) is 9.52 Å². The van der Waals surface area contributed by atoms with Crippen molar-refractivity contribution in [1.29, 1.82) is 0 Å². The second-order valence-corrected chi connectivity index (χ2v) is 5.69. The number of aryl methyl sites for hydroxylation is 1. The zero-order chi connectivity index (χ0) is 12.4. The Hall–Kier alpha value is -1.01. The van der Waals surface area contributed by atoms with Gasteiger partial charge in [0.05, 0.1) is 6.04 Å². The zero-order valence-corrected chi connectivity index (χ0v) is 11.8. The predicted molar refractivity (Wildman–Crippen MR) is 70.8 cm³/mol. The van der Waals surface area contributed by atoms with Gasteiger partial charge in [-0.25, -0.2) is 4.39 Å². The molecule has 0 radical (unpaired) electrons. The Morgan fingerprint density at radius 1 is 1.41 bits per heavy atom. The highest BCUT2D eigenvalue weighted by molar-refractivity contribution is 9.10. The first-order chi connectivity index (χ1) is 8.06. The molecule has 3 nitrogen and oxygen atoms in total. The summed E-state index contributed by atoms with van der Waals surface area (Å²) in [5.74, 6) is -0.250. The van der Waals surface area contributed by atoms with E-state index in [1.807, 2.05) is 13.8 Å². The van der Waals surface area contributed by atoms with E-state index >= 15 is 0 Å². The first kappa shape index (κ1) is 12.4. The molecule has 17 heavy (non-hydrogen) atoms. The molecule has 0 aliphatic heterocycles. The molecule has 0 amide bonds. The smallest absolute Gasteiger partial charge is 0.206 e. The number of benzene rings is 1. The van der Waals surface area contributed by atoms with Crippen molar-refractivity contribution in [3.8, 4) is 0 Å². The zero-order valence-electron chi connectivity index (χ0n) is 9.37. The van der Waals surface area contributed by atoms with Crippen LogP contribution in [-0.4, -0.2) is 10.2 Å². The third-order valence-corrected chi connectivity index (χ3v) is 3.75. The predicted octanol–water partition coefficient (Wildman–Crippen LogP) is 3.92. The van der Waals surface area contributed by atoms with Crippen molar-refractivity contribution < 1.29 is 4.39 Å². The van der Waals surface area contributed by atoms with Gasteiger partial charge in [0.1, 0.15) is 10.8 Å². The SMILES string of the molecule is Cc1nnc(NC(C)c2ccc(F)cc2Br)s1. The van der Waals surface area contributed by atoms with Crippen LogP contribution in [0.15, 0.2) is 22.7 Å². The molecule has 0 bridgehead atoms. The number of aromatic nitrogens is 2. The summed E-state index contributed by atoms with van der Waals surface area (Å²) in [6.45, 7) is 3.90. The Kier molecular flexibility index (Phi) is 3.73. The Labute approximate surface area is 111 Å². The minimum absolute atomic E-state index is 0.0392. The van der Waals surface area contributed by atoms with Gasteiger partial charge >= 0.3 is 0 Å². The van der Waals surface area contributed by atoms with Crippen molar-refractivity contribution >= 4 is 32.4 Å². The van der Waals surface area contributed by atoms with E-state index in [1.54, 1.807) is 6.07 Å². The van der Waals surface area contributed by atoms with Gasteiger partial charge in [0, 0.05) is 4.47 Å². The molecule has 1 aromatic heterocycles. The number of hydrogen-bond acceptors (Lipinski definition) is 4. The first-order valence-electron chi connectivity index (χ1n) is 5.08. The van der Waals surface area contributed by atoms with Gasteiger partial charge in [0.2, 0.25) is 5.13 Å². The molecule has 1 atom stereocenters. The van der Waals surface area contributed by atoms with E-state index in [9.17, 15) is 4.39 Å². The third-order valence-electron chi connectivity index (χ3n) is 2.30. The first-order valence-corrected chi connectivity index (χ1v) is 6.69. The van der Waals surface area contributed by atoms with Crippen LogP contribution < -0.4 is 5.32 Å². The summed E-state index contributed by atoms with van der Waals surface area (Å²) in [5, 5.41) is 12.8. The lowest BCUT2D eigenvalue weighted by molar-refractivity contribution is 0.625. The van der Waals surface area contributed by atoms with Gasteiger partial charge in [-0.2, -0.15) is 0 Å². The molecule has 1 N–H and O–H groups in total. The van der Waals surface area contributed by atoms with Crippen LogP contribution in [0.1, 0.15) is 23.5 Å². The lowest BCUT2D eigenvalue weighted by atomic mass is 10.1. The molecule has 90 valence electrons. The van der Waals surface area contributed by atoms with Crippen LogP contribution in [0.3, 0.4) is 0 Å². The lowest BCUT2D eigenvalue weighted by Crippen LogP contribution is -2.07. The van der Waals surface area contributed by atoms with Crippen LogP contribution in [0.2, 0.25) is 0 Å². The van der Waals surface area contributed by atoms with Crippen LogP contribution in [0.25, 0.3) is 0 Å². The number of hydrogen-bond donors (Lipinski definition) is 1. The number of rotatable bonds is 3. The minimum atomic E-state index is -0.250. The summed E-state index contributed by atoms with van der Waals surface area (Å²) in [4.78, 5) is 0. The fraction of sp³-hybridized carbons (Fsp3) is 0.273. The van der Waals surface area contributed by atoms with Gasteiger partial charge in [0.15, 0.2) is 0 Å². The second-order valence-electron chi connectivity index (χ2n) is 3.66. The Bertz CT molecular complexity index is 529. The van der Waals surface area contributed by atoms with Crippen molar-refractivity contribution in [1.82, 2.24) is 10.2 Å². The molecule has 0 aliphatic rings. The standard InChI is InChI=1S/C11H11BrFN3S/c1-6(14-11-16-15-7(2)17-11)9-4-3-8(13)5-10(9)12/h3-6H,1-2H3,(H,14,16). The third kappa shape index (κ3) is 3.01. The maximum Gasteiger partial charge on any atom is 0.206 e. The normalized spacial score (nSPS) is 12.5. The van der Waals surface area contributed by atoms with Crippen LogP contribution in [0, 0.1) is 12.7 Å². The van der Waals surface area contributed by atoms with E-state index in [4.69, 9.17) is 0 Å². The topological polar surface area (TPSA) is 37.8 Å². The fourth-order valence-electron chi connectivity index (χ4n) is 1.47. The summed E-state index contributed by atoms with van der Waals surface area (Å²) in [7, 11) is 0. The van der Waals surface area contributed by atoms with E-state index in [-0.39, 0.29) is 11.9 Å². The highest BCUT2D eigenvalue weighted by atomic mass is 79.9. The van der Waals surface area contributed by atoms with Gasteiger partial charge in [-0.3, -0.25) is 0 Å². The number of anilines is 1. The van der Waals surface area contributed by atoms with Gasteiger partial charge in [-0.15, -0.1) is 10.2 Å². The summed E-state index contributed by atoms with van der Waals surface area (Å²) in [5.41, 5.74) is 0.985. The van der Waals surface area contributed by atoms with E-state index in [2.05, 4.69) is 31.4 Å². The van der Waals surface area contributed by atoms with E-state index in [0.29, 0.717) is 0 Å². The quantitative estimate of drug-likeness (QED) is 0.932. The van der Waals surface area contributed by atoms with Crippen LogP contribution in [-0.2, 0) is 0 Å². The molecular formula is C11H11BrFN3S. The highest BCUT2D eigenvalue weighted by Gasteiger charge is 2.11. The average Bonchev–Trinajstić information content (AvgIpc) is 2.63. The van der Waals surface area contributed by atoms with E-state index in [1.165, 1.54) is 23.5 Å². The molecular weight excluding hydrogens is 305 g/mol. The molecule has 0 aliphatic carbocycles. The Morgan fingerprint density at radius 3 is 2.76 bits per heavy atom. The van der Waals surface area contributed by atoms with Crippen LogP contribution in [0.5, 0.6) is 0 Å². The molecule has 2 rings (SSSR count). The van der Waals surface area contributed by atoms with E-state index in [0.717, 1.165) is 20.2 Å². The van der Waals surface area contributed by atoms with Crippen molar-refractivity contribution in [2.45, 2.75) is 19.9 Å². The maximum atomic E-state index is 13.0. The van der Waals surface area contributed by atoms with Crippen LogP contribution >= 0.6 is 27.3 Å². The molecule has 1 aromatic carbocycles. The number of nitrogens with one attached hydrogen (secondary N) is 1. The second kappa shape index (κ2) is 5.10. The molecule has 1 heterocycles. The van der Waals surface area contributed by atoms with Crippen molar-refractivity contribution in [3.63, 3.8) is 0 Å². The molecule has 6 heteroatoms. The van der Waals surface area contributed by atoms with Crippen molar-refractivity contribution in [2.24, 2.45) is 0 Å².